The van der Waals surface area contributed by atoms with Crippen LogP contribution >= 0.6 is 22.6 Å². The van der Waals surface area contributed by atoms with Gasteiger partial charge in [-0.05, 0) is 99.8 Å². The van der Waals surface area contributed by atoms with Gasteiger partial charge in [-0.25, -0.2) is 0 Å². The highest BCUT2D eigenvalue weighted by atomic mass is 127. The Morgan fingerprint density at radius 3 is 1.67 bits per heavy atom. The molecular formula is C26H41I. The second kappa shape index (κ2) is 15.4. The van der Waals surface area contributed by atoms with Crippen molar-refractivity contribution in [1.29, 1.82) is 0 Å². The zero-order valence-electron chi connectivity index (χ0n) is 18.2. The fraction of sp³-hybridized carbons (Fsp3) is 0.615. The van der Waals surface area contributed by atoms with Crippen LogP contribution in [0.15, 0.2) is 45.1 Å². The fourth-order valence-corrected chi connectivity index (χ4v) is 4.56. The van der Waals surface area contributed by atoms with Crippen molar-refractivity contribution in [2.24, 2.45) is 0 Å². The summed E-state index contributed by atoms with van der Waals surface area (Å²) in [6, 6.07) is 11.2. The molecule has 0 aliphatic heterocycles. The van der Waals surface area contributed by atoms with E-state index in [2.05, 4.69) is 80.6 Å². The second-order valence-electron chi connectivity index (χ2n) is 7.62. The topological polar surface area (TPSA) is 0 Å². The first-order valence-corrected chi connectivity index (χ1v) is 12.4. The quantitative estimate of drug-likeness (QED) is 0.184. The first kappa shape index (κ1) is 24.5. The number of hydrogen-bond acceptors (Lipinski definition) is 0. The Balaban J connectivity index is 3.48. The summed E-state index contributed by atoms with van der Waals surface area (Å²) in [6.45, 7) is 9.26. The molecule has 1 aromatic rings. The average Bonchev–Trinajstić information content (AvgIpc) is 2.70. The van der Waals surface area contributed by atoms with Gasteiger partial charge in [0.15, 0.2) is 0 Å². The molecule has 27 heavy (non-hydrogen) atoms. The maximum absolute atomic E-state index is 2.67. The van der Waals surface area contributed by atoms with Crippen LogP contribution in [0.4, 0.5) is 0 Å². The summed E-state index contributed by atoms with van der Waals surface area (Å²) in [5.41, 5.74) is 6.45. The zero-order valence-corrected chi connectivity index (χ0v) is 20.4. The Morgan fingerprint density at radius 2 is 1.11 bits per heavy atom. The minimum absolute atomic E-state index is 1.22. The van der Waals surface area contributed by atoms with Gasteiger partial charge in [0.1, 0.15) is 0 Å². The highest BCUT2D eigenvalue weighted by Gasteiger charge is 2.16. The van der Waals surface area contributed by atoms with Gasteiger partial charge in [0.05, 0.1) is 0 Å². The van der Waals surface area contributed by atoms with E-state index in [4.69, 9.17) is 0 Å². The summed E-state index contributed by atoms with van der Waals surface area (Å²) in [4.78, 5) is 0. The van der Waals surface area contributed by atoms with Crippen molar-refractivity contribution in [2.75, 3.05) is 0 Å². The van der Waals surface area contributed by atoms with Gasteiger partial charge in [0.2, 0.25) is 0 Å². The summed E-state index contributed by atoms with van der Waals surface area (Å²) >= 11 is 2.67. The van der Waals surface area contributed by atoms with Crippen molar-refractivity contribution in [3.05, 3.63) is 50.6 Å². The van der Waals surface area contributed by atoms with Gasteiger partial charge in [-0.3, -0.25) is 0 Å². The normalized spacial score (nSPS) is 13.4. The first-order valence-electron chi connectivity index (χ1n) is 11.3. The van der Waals surface area contributed by atoms with Crippen LogP contribution in [0.2, 0.25) is 0 Å². The molecule has 0 nitrogen and oxygen atoms in total. The van der Waals surface area contributed by atoms with Crippen molar-refractivity contribution < 1.29 is 0 Å². The SMILES string of the molecule is CCCC/C(I)=C(CCCC)/C(CCCC)=C(/CCCC)c1ccccc1. The third-order valence-corrected chi connectivity index (χ3v) is 6.46. The number of halogens is 1. The van der Waals surface area contributed by atoms with E-state index >= 15 is 0 Å². The summed E-state index contributed by atoms with van der Waals surface area (Å²) in [6.07, 6.45) is 15.2. The van der Waals surface area contributed by atoms with Crippen LogP contribution in [-0.4, -0.2) is 0 Å². The number of hydrogen-bond donors (Lipinski definition) is 0. The van der Waals surface area contributed by atoms with Crippen LogP contribution in [0.1, 0.15) is 110 Å². The number of allylic oxidation sites excluding steroid dienone is 4. The van der Waals surface area contributed by atoms with E-state index in [0.717, 1.165) is 0 Å². The summed E-state index contributed by atoms with van der Waals surface area (Å²) in [5, 5.41) is 0. The smallest absolute Gasteiger partial charge is 0.00592 e. The molecule has 0 unspecified atom stereocenters. The van der Waals surface area contributed by atoms with Crippen LogP contribution in [0.25, 0.3) is 5.57 Å². The molecule has 1 aromatic carbocycles. The molecule has 0 heterocycles. The lowest BCUT2D eigenvalue weighted by Gasteiger charge is -2.21. The molecule has 0 saturated heterocycles. The maximum atomic E-state index is 2.67. The Morgan fingerprint density at radius 1 is 0.630 bits per heavy atom. The zero-order chi connectivity index (χ0) is 19.9. The van der Waals surface area contributed by atoms with Crippen LogP contribution in [0.3, 0.4) is 0 Å². The predicted molar refractivity (Wildman–Crippen MR) is 133 cm³/mol. The van der Waals surface area contributed by atoms with Crippen molar-refractivity contribution in [2.45, 2.75) is 105 Å². The van der Waals surface area contributed by atoms with E-state index in [-0.39, 0.29) is 0 Å². The van der Waals surface area contributed by atoms with Gasteiger partial charge in [-0.15, -0.1) is 0 Å². The first-order chi connectivity index (χ1) is 13.2. The van der Waals surface area contributed by atoms with Crippen LogP contribution in [0.5, 0.6) is 0 Å². The lowest BCUT2D eigenvalue weighted by Crippen LogP contribution is -2.01. The van der Waals surface area contributed by atoms with E-state index in [1.54, 1.807) is 20.3 Å². The number of unbranched alkanes of at least 4 members (excludes halogenated alkanes) is 4. The molecule has 0 radical (unpaired) electrons. The standard InChI is InChI=1S/C26H41I/c1-5-9-18-23(22-16-14-13-15-17-22)24(19-10-6-2)25(20-11-7-3)26(27)21-12-8-4/h13-17H,5-12,18-21H2,1-4H3/b24-23-,26-25-. The molecule has 0 aliphatic rings. The van der Waals surface area contributed by atoms with Gasteiger partial charge in [0, 0.05) is 0 Å². The minimum atomic E-state index is 1.22. The molecule has 0 spiro atoms. The molecule has 1 heteroatoms. The van der Waals surface area contributed by atoms with Crippen LogP contribution < -0.4 is 0 Å². The van der Waals surface area contributed by atoms with Gasteiger partial charge >= 0.3 is 0 Å². The highest BCUT2D eigenvalue weighted by molar-refractivity contribution is 14.1. The highest BCUT2D eigenvalue weighted by Crippen LogP contribution is 2.38. The lowest BCUT2D eigenvalue weighted by molar-refractivity contribution is 0.736. The van der Waals surface area contributed by atoms with Gasteiger partial charge in [-0.2, -0.15) is 0 Å². The second-order valence-corrected chi connectivity index (χ2v) is 8.92. The number of rotatable bonds is 14. The average molecular weight is 481 g/mol. The van der Waals surface area contributed by atoms with Crippen molar-refractivity contribution in [1.82, 2.24) is 0 Å². The summed E-state index contributed by atoms with van der Waals surface area (Å²) in [7, 11) is 0. The monoisotopic (exact) mass is 480 g/mol. The third kappa shape index (κ3) is 8.98. The molecule has 0 N–H and O–H groups in total. The molecule has 0 fully saturated rings. The Hall–Kier alpha value is -0.570. The molecular weight excluding hydrogens is 439 g/mol. The fourth-order valence-electron chi connectivity index (χ4n) is 3.59. The lowest BCUT2D eigenvalue weighted by atomic mass is 9.85. The van der Waals surface area contributed by atoms with Gasteiger partial charge in [0.25, 0.3) is 0 Å². The van der Waals surface area contributed by atoms with Gasteiger partial charge < -0.3 is 0 Å². The third-order valence-electron chi connectivity index (χ3n) is 5.27. The molecule has 0 saturated carbocycles. The largest absolute Gasteiger partial charge is 0.0654 e. The Labute approximate surface area is 183 Å². The number of benzene rings is 1. The van der Waals surface area contributed by atoms with Gasteiger partial charge in [-0.1, -0.05) is 83.7 Å². The van der Waals surface area contributed by atoms with Crippen molar-refractivity contribution in [3.63, 3.8) is 0 Å². The predicted octanol–water partition coefficient (Wildman–Crippen LogP) is 9.89. The van der Waals surface area contributed by atoms with E-state index in [0.29, 0.717) is 0 Å². The molecule has 1 rings (SSSR count). The maximum Gasteiger partial charge on any atom is -0.00592 e. The van der Waals surface area contributed by atoms with E-state index in [1.807, 2.05) is 0 Å². The molecule has 0 aromatic heterocycles. The molecule has 0 amide bonds. The van der Waals surface area contributed by atoms with Crippen molar-refractivity contribution >= 4 is 28.2 Å². The minimum Gasteiger partial charge on any atom is -0.0654 e. The molecule has 152 valence electrons. The molecule has 0 atom stereocenters. The van der Waals surface area contributed by atoms with Crippen LogP contribution in [0, 0.1) is 0 Å². The van der Waals surface area contributed by atoms with E-state index in [9.17, 15) is 0 Å². The van der Waals surface area contributed by atoms with E-state index in [1.165, 1.54) is 82.6 Å². The molecule has 0 aliphatic carbocycles. The Kier molecular flexibility index (Phi) is 13.9. The Bertz CT molecular complexity index is 565. The van der Waals surface area contributed by atoms with Crippen molar-refractivity contribution in [3.8, 4) is 0 Å². The molecule has 0 bridgehead atoms. The summed E-state index contributed by atoms with van der Waals surface area (Å²) in [5.74, 6) is 0. The van der Waals surface area contributed by atoms with Crippen LogP contribution in [-0.2, 0) is 0 Å². The van der Waals surface area contributed by atoms with E-state index < -0.39 is 0 Å². The summed E-state index contributed by atoms with van der Waals surface area (Å²) < 4.78 is 1.62.